The van der Waals surface area contributed by atoms with Crippen molar-refractivity contribution >= 4 is 11.6 Å². The van der Waals surface area contributed by atoms with Crippen LogP contribution in [0.3, 0.4) is 0 Å². The maximum atomic E-state index is 6.03. The maximum absolute atomic E-state index is 6.03. The van der Waals surface area contributed by atoms with Gasteiger partial charge in [0.25, 0.3) is 0 Å². The summed E-state index contributed by atoms with van der Waals surface area (Å²) in [6.45, 7) is 0. The fourth-order valence-corrected chi connectivity index (χ4v) is 2.93. The van der Waals surface area contributed by atoms with Crippen molar-refractivity contribution in [1.82, 2.24) is 0 Å². The predicted octanol–water partition coefficient (Wildman–Crippen LogP) is 4.61. The molecular weight excluding hydrogens is 228 g/mol. The number of hydrogen-bond acceptors (Lipinski definition) is 0. The molecule has 2 aromatic rings. The molecule has 1 unspecified atom stereocenters. The third kappa shape index (κ3) is 2.23. The minimum absolute atomic E-state index is 0.671. The Bertz CT molecular complexity index is 516. The van der Waals surface area contributed by atoms with E-state index in [1.54, 1.807) is 0 Å². The molecule has 1 atom stereocenters. The number of rotatable bonds is 1. The van der Waals surface area contributed by atoms with E-state index >= 15 is 0 Å². The number of aryl methyl sites for hydroxylation is 1. The van der Waals surface area contributed by atoms with Crippen LogP contribution in [0.5, 0.6) is 0 Å². The van der Waals surface area contributed by atoms with Crippen LogP contribution >= 0.6 is 11.6 Å². The van der Waals surface area contributed by atoms with E-state index in [0.717, 1.165) is 17.9 Å². The van der Waals surface area contributed by atoms with E-state index in [4.69, 9.17) is 11.6 Å². The first-order chi connectivity index (χ1) is 8.33. The lowest BCUT2D eigenvalue weighted by atomic mass is 9.80. The molecule has 0 radical (unpaired) electrons. The van der Waals surface area contributed by atoms with E-state index in [0.29, 0.717) is 5.92 Å². The van der Waals surface area contributed by atoms with E-state index < -0.39 is 0 Å². The van der Waals surface area contributed by atoms with Gasteiger partial charge in [-0.25, -0.2) is 0 Å². The van der Waals surface area contributed by atoms with Crippen molar-refractivity contribution in [2.45, 2.75) is 25.2 Å². The molecule has 0 saturated heterocycles. The van der Waals surface area contributed by atoms with E-state index in [1.807, 2.05) is 6.07 Å². The van der Waals surface area contributed by atoms with Crippen LogP contribution in [-0.2, 0) is 12.8 Å². The molecule has 0 fully saturated rings. The highest BCUT2D eigenvalue weighted by Crippen LogP contribution is 2.33. The van der Waals surface area contributed by atoms with Crippen molar-refractivity contribution in [3.8, 4) is 0 Å². The molecule has 0 nitrogen and oxygen atoms in total. The molecule has 2 aromatic carbocycles. The molecule has 1 aliphatic rings. The number of fused-ring (bicyclic) bond motifs is 1. The van der Waals surface area contributed by atoms with Gasteiger partial charge in [-0.05, 0) is 54.0 Å². The highest BCUT2D eigenvalue weighted by atomic mass is 35.5. The van der Waals surface area contributed by atoms with Gasteiger partial charge in [-0.1, -0.05) is 48.0 Å². The minimum Gasteiger partial charge on any atom is -0.0843 e. The smallest absolute Gasteiger partial charge is 0.0408 e. The van der Waals surface area contributed by atoms with Crippen molar-refractivity contribution in [3.05, 3.63) is 70.2 Å². The summed E-state index contributed by atoms with van der Waals surface area (Å²) in [6, 6.07) is 17.1. The topological polar surface area (TPSA) is 0 Å². The number of hydrogen-bond donors (Lipinski definition) is 0. The molecule has 0 heterocycles. The summed E-state index contributed by atoms with van der Waals surface area (Å²) in [4.78, 5) is 0. The quantitative estimate of drug-likeness (QED) is 0.685. The second kappa shape index (κ2) is 4.54. The Labute approximate surface area is 107 Å². The molecule has 0 bridgehead atoms. The van der Waals surface area contributed by atoms with Gasteiger partial charge in [0.1, 0.15) is 0 Å². The van der Waals surface area contributed by atoms with Crippen LogP contribution in [0.1, 0.15) is 29.0 Å². The minimum atomic E-state index is 0.671. The Morgan fingerprint density at radius 2 is 1.76 bits per heavy atom. The van der Waals surface area contributed by atoms with Crippen LogP contribution in [0.15, 0.2) is 48.5 Å². The van der Waals surface area contributed by atoms with Gasteiger partial charge < -0.3 is 0 Å². The third-order valence-electron chi connectivity index (χ3n) is 3.67. The van der Waals surface area contributed by atoms with Crippen LogP contribution in [0.25, 0.3) is 0 Å². The Morgan fingerprint density at radius 3 is 2.59 bits per heavy atom. The molecule has 0 aromatic heterocycles. The lowest BCUT2D eigenvalue weighted by molar-refractivity contribution is 0.585. The molecule has 0 aliphatic heterocycles. The second-order valence-corrected chi connectivity index (χ2v) is 5.20. The number of benzene rings is 2. The number of halogens is 1. The lowest BCUT2D eigenvalue weighted by Crippen LogP contribution is -2.12. The molecule has 86 valence electrons. The van der Waals surface area contributed by atoms with Gasteiger partial charge in [0.15, 0.2) is 0 Å². The van der Waals surface area contributed by atoms with E-state index in [2.05, 4.69) is 42.5 Å². The first-order valence-corrected chi connectivity index (χ1v) is 6.53. The van der Waals surface area contributed by atoms with Crippen molar-refractivity contribution in [3.63, 3.8) is 0 Å². The van der Waals surface area contributed by atoms with Crippen LogP contribution in [-0.4, -0.2) is 0 Å². The molecule has 0 spiro atoms. The molecule has 1 aliphatic carbocycles. The third-order valence-corrected chi connectivity index (χ3v) is 3.90. The van der Waals surface area contributed by atoms with Gasteiger partial charge in [0, 0.05) is 5.02 Å². The summed E-state index contributed by atoms with van der Waals surface area (Å²) in [5, 5.41) is 0.863. The lowest BCUT2D eigenvalue weighted by Gasteiger charge is -2.25. The second-order valence-electron chi connectivity index (χ2n) is 4.76. The van der Waals surface area contributed by atoms with Gasteiger partial charge >= 0.3 is 0 Å². The van der Waals surface area contributed by atoms with Gasteiger partial charge in [0.05, 0.1) is 0 Å². The van der Waals surface area contributed by atoms with E-state index in [1.165, 1.54) is 23.1 Å². The molecule has 3 rings (SSSR count). The Balaban J connectivity index is 1.88. The van der Waals surface area contributed by atoms with Crippen LogP contribution in [0.2, 0.25) is 5.02 Å². The fraction of sp³-hybridized carbons (Fsp3) is 0.250. The van der Waals surface area contributed by atoms with Crippen molar-refractivity contribution in [2.75, 3.05) is 0 Å². The standard InChI is InChI=1S/C16H15Cl/c17-16-9-8-14-10-13(6-7-15(14)11-16)12-4-2-1-3-5-12/h1-5,8-9,11,13H,6-7,10H2. The molecule has 0 saturated carbocycles. The fourth-order valence-electron chi connectivity index (χ4n) is 2.73. The SMILES string of the molecule is Clc1ccc2c(c1)CCC(c1ccccc1)C2. The summed E-state index contributed by atoms with van der Waals surface area (Å²) in [7, 11) is 0. The average molecular weight is 243 g/mol. The highest BCUT2D eigenvalue weighted by molar-refractivity contribution is 6.30. The summed E-state index contributed by atoms with van der Waals surface area (Å²) in [5.74, 6) is 0.671. The zero-order valence-electron chi connectivity index (χ0n) is 9.70. The molecular formula is C16H15Cl. The molecule has 0 N–H and O–H groups in total. The first-order valence-electron chi connectivity index (χ1n) is 6.15. The van der Waals surface area contributed by atoms with Crippen molar-refractivity contribution in [2.24, 2.45) is 0 Å². The maximum Gasteiger partial charge on any atom is 0.0408 e. The molecule has 17 heavy (non-hydrogen) atoms. The van der Waals surface area contributed by atoms with Gasteiger partial charge in [-0.2, -0.15) is 0 Å². The zero-order chi connectivity index (χ0) is 11.7. The summed E-state index contributed by atoms with van der Waals surface area (Å²) < 4.78 is 0. The Hall–Kier alpha value is -1.27. The Kier molecular flexibility index (Phi) is 2.90. The van der Waals surface area contributed by atoms with E-state index in [9.17, 15) is 0 Å². The highest BCUT2D eigenvalue weighted by Gasteiger charge is 2.19. The normalized spacial score (nSPS) is 18.8. The molecule has 1 heteroatoms. The summed E-state index contributed by atoms with van der Waals surface area (Å²) >= 11 is 6.03. The van der Waals surface area contributed by atoms with Crippen LogP contribution in [0, 0.1) is 0 Å². The first kappa shape index (κ1) is 10.9. The predicted molar refractivity (Wildman–Crippen MR) is 72.7 cm³/mol. The van der Waals surface area contributed by atoms with Crippen LogP contribution in [0.4, 0.5) is 0 Å². The van der Waals surface area contributed by atoms with E-state index in [-0.39, 0.29) is 0 Å². The zero-order valence-corrected chi connectivity index (χ0v) is 10.5. The molecule has 0 amide bonds. The van der Waals surface area contributed by atoms with Gasteiger partial charge in [0.2, 0.25) is 0 Å². The van der Waals surface area contributed by atoms with Gasteiger partial charge in [-0.15, -0.1) is 0 Å². The average Bonchev–Trinajstić information content (AvgIpc) is 2.39. The van der Waals surface area contributed by atoms with Crippen molar-refractivity contribution < 1.29 is 0 Å². The summed E-state index contributed by atoms with van der Waals surface area (Å²) in [5.41, 5.74) is 4.37. The summed E-state index contributed by atoms with van der Waals surface area (Å²) in [6.07, 6.45) is 3.53. The monoisotopic (exact) mass is 242 g/mol. The van der Waals surface area contributed by atoms with Crippen molar-refractivity contribution in [1.29, 1.82) is 0 Å². The van der Waals surface area contributed by atoms with Gasteiger partial charge in [-0.3, -0.25) is 0 Å². The Morgan fingerprint density at radius 1 is 0.941 bits per heavy atom. The van der Waals surface area contributed by atoms with Crippen LogP contribution < -0.4 is 0 Å². The largest absolute Gasteiger partial charge is 0.0843 e.